The number of carbonyl (C=O) groups excluding carboxylic acids is 2. The highest BCUT2D eigenvalue weighted by Crippen LogP contribution is 2.44. The third kappa shape index (κ3) is 3.62. The van der Waals surface area contributed by atoms with E-state index in [9.17, 15) is 14.7 Å². The molecule has 5 rings (SSSR count). The van der Waals surface area contributed by atoms with E-state index in [0.717, 1.165) is 27.8 Å². The van der Waals surface area contributed by atoms with E-state index in [0.29, 0.717) is 10.7 Å². The van der Waals surface area contributed by atoms with Crippen LogP contribution in [0.5, 0.6) is 0 Å². The van der Waals surface area contributed by atoms with Crippen LogP contribution in [0.25, 0.3) is 16.0 Å². The number of aryl methyl sites for hydroxylation is 2. The van der Waals surface area contributed by atoms with Gasteiger partial charge in [-0.2, -0.15) is 0 Å². The number of rotatable bonds is 4. The van der Waals surface area contributed by atoms with Crippen LogP contribution >= 0.6 is 11.3 Å². The Morgan fingerprint density at radius 2 is 1.76 bits per heavy atom. The monoisotopic (exact) mass is 454 g/mol. The lowest BCUT2D eigenvalue weighted by atomic mass is 9.95. The fourth-order valence-electron chi connectivity index (χ4n) is 4.13. The zero-order chi connectivity index (χ0) is 23.1. The number of thiazole rings is 1. The van der Waals surface area contributed by atoms with Crippen molar-refractivity contribution < 1.29 is 14.7 Å². The molecule has 1 aromatic heterocycles. The Morgan fingerprint density at radius 3 is 2.45 bits per heavy atom. The molecule has 0 spiro atoms. The van der Waals surface area contributed by atoms with Crippen molar-refractivity contribution in [2.45, 2.75) is 26.3 Å². The second-order valence-electron chi connectivity index (χ2n) is 8.10. The number of hydrogen-bond acceptors (Lipinski definition) is 5. The average Bonchev–Trinajstić information content (AvgIpc) is 3.37. The first kappa shape index (κ1) is 21.1. The van der Waals surface area contributed by atoms with Crippen molar-refractivity contribution in [3.63, 3.8) is 0 Å². The molecular weight excluding hydrogens is 432 g/mol. The largest absolute Gasteiger partial charge is 0.507 e. The maximum atomic E-state index is 13.3. The molecule has 0 bridgehead atoms. The normalized spacial score (nSPS) is 17.8. The van der Waals surface area contributed by atoms with Crippen molar-refractivity contribution in [2.24, 2.45) is 0 Å². The van der Waals surface area contributed by atoms with Crippen LogP contribution in [-0.4, -0.2) is 21.8 Å². The van der Waals surface area contributed by atoms with Gasteiger partial charge in [-0.25, -0.2) is 4.98 Å². The van der Waals surface area contributed by atoms with Gasteiger partial charge in [0.25, 0.3) is 5.78 Å². The van der Waals surface area contributed by atoms with Gasteiger partial charge in [0.1, 0.15) is 5.76 Å². The number of ketones is 1. The molecule has 0 saturated carbocycles. The van der Waals surface area contributed by atoms with E-state index in [1.54, 1.807) is 24.3 Å². The van der Waals surface area contributed by atoms with Crippen molar-refractivity contribution in [1.29, 1.82) is 0 Å². The van der Waals surface area contributed by atoms with Crippen LogP contribution in [0.1, 0.15) is 35.2 Å². The SMILES string of the molecule is CCc1ccc2nc(N3C(=O)C(=O)/C(=C(/O)c4ccccc4)C3c3ccc(C)cc3)sc2c1. The first-order chi connectivity index (χ1) is 16.0. The van der Waals surface area contributed by atoms with Crippen molar-refractivity contribution >= 4 is 44.1 Å². The summed E-state index contributed by atoms with van der Waals surface area (Å²) in [6, 6.07) is 21.7. The van der Waals surface area contributed by atoms with Gasteiger partial charge in [0.05, 0.1) is 21.8 Å². The van der Waals surface area contributed by atoms with E-state index in [1.807, 2.05) is 49.4 Å². The van der Waals surface area contributed by atoms with E-state index in [4.69, 9.17) is 0 Å². The van der Waals surface area contributed by atoms with Crippen molar-refractivity contribution in [3.8, 4) is 0 Å². The highest BCUT2D eigenvalue weighted by Gasteiger charge is 2.48. The van der Waals surface area contributed by atoms with Crippen molar-refractivity contribution in [1.82, 2.24) is 4.98 Å². The molecule has 0 radical (unpaired) electrons. The summed E-state index contributed by atoms with van der Waals surface area (Å²) in [7, 11) is 0. The molecule has 1 atom stereocenters. The Morgan fingerprint density at radius 1 is 1.03 bits per heavy atom. The van der Waals surface area contributed by atoms with E-state index in [2.05, 4.69) is 18.0 Å². The van der Waals surface area contributed by atoms with E-state index in [1.165, 1.54) is 21.8 Å². The first-order valence-corrected chi connectivity index (χ1v) is 11.6. The number of aliphatic hydroxyl groups excluding tert-OH is 1. The minimum absolute atomic E-state index is 0.0727. The summed E-state index contributed by atoms with van der Waals surface area (Å²) in [5.74, 6) is -1.58. The van der Waals surface area contributed by atoms with Crippen LogP contribution < -0.4 is 4.90 Å². The standard InChI is InChI=1S/C27H22N2O3S/c1-3-17-11-14-20-21(15-17)33-27(28-20)29-23(18-12-9-16(2)10-13-18)22(25(31)26(29)32)24(30)19-7-5-4-6-8-19/h4-15,23,30H,3H2,1-2H3/b24-22+. The topological polar surface area (TPSA) is 70.5 Å². The predicted octanol–water partition coefficient (Wildman–Crippen LogP) is 5.79. The maximum absolute atomic E-state index is 13.3. The summed E-state index contributed by atoms with van der Waals surface area (Å²) in [6.45, 7) is 4.06. The van der Waals surface area contributed by atoms with Gasteiger partial charge in [0.2, 0.25) is 0 Å². The quantitative estimate of drug-likeness (QED) is 0.241. The summed E-state index contributed by atoms with van der Waals surface area (Å²) in [6.07, 6.45) is 0.897. The molecule has 1 saturated heterocycles. The minimum atomic E-state index is -0.767. The zero-order valence-corrected chi connectivity index (χ0v) is 19.1. The fourth-order valence-corrected chi connectivity index (χ4v) is 5.18. The number of carbonyl (C=O) groups is 2. The van der Waals surface area contributed by atoms with Gasteiger partial charge in [0.15, 0.2) is 5.13 Å². The Bertz CT molecular complexity index is 1400. The second kappa shape index (κ2) is 8.30. The first-order valence-electron chi connectivity index (χ1n) is 10.8. The molecule has 1 aliphatic heterocycles. The molecule has 6 heteroatoms. The van der Waals surface area contributed by atoms with Crippen LogP contribution in [0, 0.1) is 6.92 Å². The molecule has 33 heavy (non-hydrogen) atoms. The van der Waals surface area contributed by atoms with Crippen LogP contribution in [0.15, 0.2) is 78.4 Å². The van der Waals surface area contributed by atoms with Crippen molar-refractivity contribution in [2.75, 3.05) is 4.90 Å². The molecule has 1 amide bonds. The molecule has 1 aliphatic rings. The average molecular weight is 455 g/mol. The third-order valence-corrected chi connectivity index (χ3v) is 6.96. The number of anilines is 1. The minimum Gasteiger partial charge on any atom is -0.507 e. The third-order valence-electron chi connectivity index (χ3n) is 5.94. The molecule has 1 N–H and O–H groups in total. The highest BCUT2D eigenvalue weighted by atomic mass is 32.1. The van der Waals surface area contributed by atoms with Gasteiger partial charge in [-0.15, -0.1) is 0 Å². The lowest BCUT2D eigenvalue weighted by Gasteiger charge is -2.23. The van der Waals surface area contributed by atoms with Gasteiger partial charge in [-0.3, -0.25) is 14.5 Å². The molecule has 4 aromatic rings. The number of hydrogen-bond donors (Lipinski definition) is 1. The summed E-state index contributed by atoms with van der Waals surface area (Å²) < 4.78 is 0.956. The molecular formula is C27H22N2O3S. The Hall–Kier alpha value is -3.77. The Kier molecular flexibility index (Phi) is 5.30. The Labute approximate surface area is 195 Å². The molecule has 5 nitrogen and oxygen atoms in total. The zero-order valence-electron chi connectivity index (χ0n) is 18.3. The fraction of sp³-hybridized carbons (Fsp3) is 0.148. The summed E-state index contributed by atoms with van der Waals surface area (Å²) in [4.78, 5) is 32.6. The van der Waals surface area contributed by atoms with Crippen LogP contribution in [0.4, 0.5) is 5.13 Å². The Balaban J connectivity index is 1.72. The number of aliphatic hydroxyl groups is 1. The molecule has 1 fully saturated rings. The van der Waals surface area contributed by atoms with Gasteiger partial charge in [0, 0.05) is 5.56 Å². The number of Topliss-reactive ketones (excluding diaryl/α,β-unsaturated/α-hetero) is 1. The summed E-state index contributed by atoms with van der Waals surface area (Å²) in [5.41, 5.74) is 4.32. The molecule has 0 aliphatic carbocycles. The second-order valence-corrected chi connectivity index (χ2v) is 9.11. The van der Waals surface area contributed by atoms with Gasteiger partial charge >= 0.3 is 5.91 Å². The van der Waals surface area contributed by atoms with E-state index < -0.39 is 17.7 Å². The lowest BCUT2D eigenvalue weighted by molar-refractivity contribution is -0.132. The van der Waals surface area contributed by atoms with Crippen LogP contribution in [0.2, 0.25) is 0 Å². The highest BCUT2D eigenvalue weighted by molar-refractivity contribution is 7.22. The predicted molar refractivity (Wildman–Crippen MR) is 131 cm³/mol. The van der Waals surface area contributed by atoms with E-state index >= 15 is 0 Å². The van der Waals surface area contributed by atoms with Crippen LogP contribution in [-0.2, 0) is 16.0 Å². The smallest absolute Gasteiger partial charge is 0.301 e. The maximum Gasteiger partial charge on any atom is 0.301 e. The number of aromatic nitrogens is 1. The molecule has 164 valence electrons. The summed E-state index contributed by atoms with van der Waals surface area (Å²) in [5, 5.41) is 11.6. The number of benzene rings is 3. The number of amides is 1. The lowest BCUT2D eigenvalue weighted by Crippen LogP contribution is -2.29. The summed E-state index contributed by atoms with van der Waals surface area (Å²) >= 11 is 1.38. The van der Waals surface area contributed by atoms with Gasteiger partial charge in [-0.05, 0) is 36.6 Å². The number of fused-ring (bicyclic) bond motifs is 1. The van der Waals surface area contributed by atoms with Crippen molar-refractivity contribution in [3.05, 3.63) is 101 Å². The van der Waals surface area contributed by atoms with E-state index in [-0.39, 0.29) is 11.3 Å². The molecule has 1 unspecified atom stereocenters. The van der Waals surface area contributed by atoms with Gasteiger partial charge in [-0.1, -0.05) is 84.5 Å². The molecule has 2 heterocycles. The van der Waals surface area contributed by atoms with Crippen LogP contribution in [0.3, 0.4) is 0 Å². The van der Waals surface area contributed by atoms with Gasteiger partial charge < -0.3 is 5.11 Å². The molecule has 3 aromatic carbocycles. The number of nitrogens with zero attached hydrogens (tertiary/aromatic N) is 2.